The molecule has 1 aromatic rings. The number of piperidine rings is 1. The summed E-state index contributed by atoms with van der Waals surface area (Å²) in [7, 11) is 0. The summed E-state index contributed by atoms with van der Waals surface area (Å²) in [5.41, 5.74) is 0.664. The summed E-state index contributed by atoms with van der Waals surface area (Å²) >= 11 is 1.65. The highest BCUT2D eigenvalue weighted by Gasteiger charge is 2.22. The number of hydrogen-bond donors (Lipinski definition) is 0. The number of amides is 1. The van der Waals surface area contributed by atoms with Crippen molar-refractivity contribution in [3.63, 3.8) is 0 Å². The molecule has 0 unspecified atom stereocenters. The standard InChI is InChI=1S/C13H15NO2S/c1-17-12-6-4-10(5-7-12)13(16)14-8-2-3-11(15)9-14/h4-7H,2-3,8-9H2,1H3. The second-order valence-electron chi connectivity index (χ2n) is 4.10. The van der Waals surface area contributed by atoms with Crippen LogP contribution < -0.4 is 0 Å². The van der Waals surface area contributed by atoms with Gasteiger partial charge in [-0.05, 0) is 36.9 Å². The zero-order valence-electron chi connectivity index (χ0n) is 9.81. The van der Waals surface area contributed by atoms with Crippen molar-refractivity contribution < 1.29 is 9.59 Å². The predicted molar refractivity (Wildman–Crippen MR) is 68.4 cm³/mol. The molecule has 0 aliphatic carbocycles. The van der Waals surface area contributed by atoms with Gasteiger partial charge in [0, 0.05) is 23.4 Å². The third-order valence-electron chi connectivity index (χ3n) is 2.88. The van der Waals surface area contributed by atoms with E-state index in [4.69, 9.17) is 0 Å². The van der Waals surface area contributed by atoms with Gasteiger partial charge >= 0.3 is 0 Å². The van der Waals surface area contributed by atoms with E-state index in [0.29, 0.717) is 18.5 Å². The Hall–Kier alpha value is -1.29. The van der Waals surface area contributed by atoms with Crippen molar-refractivity contribution >= 4 is 23.5 Å². The number of ketones is 1. The molecule has 1 heterocycles. The fourth-order valence-electron chi connectivity index (χ4n) is 1.93. The maximum atomic E-state index is 12.1. The molecule has 1 aliphatic heterocycles. The van der Waals surface area contributed by atoms with Crippen molar-refractivity contribution in [2.24, 2.45) is 0 Å². The van der Waals surface area contributed by atoms with Gasteiger partial charge in [0.25, 0.3) is 5.91 Å². The van der Waals surface area contributed by atoms with Crippen molar-refractivity contribution in [1.29, 1.82) is 0 Å². The minimum absolute atomic E-state index is 0.0364. The Labute approximate surface area is 105 Å². The Morgan fingerprint density at radius 3 is 2.59 bits per heavy atom. The number of nitrogens with zero attached hydrogens (tertiary/aromatic N) is 1. The molecular formula is C13H15NO2S. The van der Waals surface area contributed by atoms with Crippen molar-refractivity contribution in [2.45, 2.75) is 17.7 Å². The first-order valence-electron chi connectivity index (χ1n) is 5.66. The molecule has 0 aromatic heterocycles. The number of hydrogen-bond acceptors (Lipinski definition) is 3. The molecule has 1 saturated heterocycles. The highest BCUT2D eigenvalue weighted by atomic mass is 32.2. The van der Waals surface area contributed by atoms with Gasteiger partial charge in [-0.25, -0.2) is 0 Å². The Kier molecular flexibility index (Phi) is 3.84. The molecule has 1 aromatic carbocycles. The Balaban J connectivity index is 2.10. The minimum Gasteiger partial charge on any atom is -0.331 e. The highest BCUT2D eigenvalue weighted by molar-refractivity contribution is 7.98. The molecular weight excluding hydrogens is 234 g/mol. The van der Waals surface area contributed by atoms with Gasteiger partial charge in [-0.1, -0.05) is 0 Å². The molecule has 1 fully saturated rings. The number of likely N-dealkylation sites (tertiary alicyclic amines) is 1. The van der Waals surface area contributed by atoms with Gasteiger partial charge in [-0.2, -0.15) is 0 Å². The number of carbonyl (C=O) groups is 2. The van der Waals surface area contributed by atoms with E-state index in [1.807, 2.05) is 30.5 Å². The van der Waals surface area contributed by atoms with E-state index in [1.54, 1.807) is 16.7 Å². The number of Topliss-reactive ketones (excluding diaryl/α,β-unsaturated/α-hetero) is 1. The van der Waals surface area contributed by atoms with Crippen LogP contribution >= 0.6 is 11.8 Å². The van der Waals surface area contributed by atoms with Crippen LogP contribution in [-0.4, -0.2) is 35.9 Å². The van der Waals surface area contributed by atoms with E-state index in [1.165, 1.54) is 0 Å². The topological polar surface area (TPSA) is 37.4 Å². The van der Waals surface area contributed by atoms with Gasteiger partial charge in [0.1, 0.15) is 0 Å². The van der Waals surface area contributed by atoms with E-state index in [9.17, 15) is 9.59 Å². The second kappa shape index (κ2) is 5.36. The van der Waals surface area contributed by atoms with E-state index < -0.39 is 0 Å². The largest absolute Gasteiger partial charge is 0.331 e. The lowest BCUT2D eigenvalue weighted by atomic mass is 10.1. The molecule has 0 N–H and O–H groups in total. The zero-order chi connectivity index (χ0) is 12.3. The number of carbonyl (C=O) groups excluding carboxylic acids is 2. The molecule has 0 bridgehead atoms. The van der Waals surface area contributed by atoms with Gasteiger partial charge in [0.05, 0.1) is 6.54 Å². The molecule has 17 heavy (non-hydrogen) atoms. The summed E-state index contributed by atoms with van der Waals surface area (Å²) in [6.45, 7) is 0.956. The summed E-state index contributed by atoms with van der Waals surface area (Å²) in [5.74, 6) is 0.121. The third kappa shape index (κ3) is 2.88. The van der Waals surface area contributed by atoms with Crippen LogP contribution in [0.1, 0.15) is 23.2 Å². The van der Waals surface area contributed by atoms with Crippen molar-refractivity contribution in [3.8, 4) is 0 Å². The quantitative estimate of drug-likeness (QED) is 0.754. The van der Waals surface area contributed by atoms with E-state index in [0.717, 1.165) is 11.3 Å². The van der Waals surface area contributed by atoms with E-state index in [-0.39, 0.29) is 18.2 Å². The van der Waals surface area contributed by atoms with Crippen LogP contribution in [-0.2, 0) is 4.79 Å². The summed E-state index contributed by atoms with van der Waals surface area (Å²) < 4.78 is 0. The smallest absolute Gasteiger partial charge is 0.254 e. The number of rotatable bonds is 2. The summed E-state index contributed by atoms with van der Waals surface area (Å²) in [4.78, 5) is 26.2. The summed E-state index contributed by atoms with van der Waals surface area (Å²) in [6, 6.07) is 7.52. The van der Waals surface area contributed by atoms with Crippen LogP contribution in [0.2, 0.25) is 0 Å². The molecule has 0 radical (unpaired) electrons. The molecule has 1 amide bonds. The normalized spacial score (nSPS) is 16.1. The summed E-state index contributed by atoms with van der Waals surface area (Å²) in [6.07, 6.45) is 3.39. The van der Waals surface area contributed by atoms with E-state index in [2.05, 4.69) is 0 Å². The first-order valence-corrected chi connectivity index (χ1v) is 6.88. The first kappa shape index (κ1) is 12.2. The van der Waals surface area contributed by atoms with Gasteiger partial charge in [0.15, 0.2) is 5.78 Å². The van der Waals surface area contributed by atoms with Crippen LogP contribution in [0.25, 0.3) is 0 Å². The fourth-order valence-corrected chi connectivity index (χ4v) is 2.34. The average Bonchev–Trinajstić information content (AvgIpc) is 2.38. The van der Waals surface area contributed by atoms with Crippen LogP contribution in [0.3, 0.4) is 0 Å². The predicted octanol–water partition coefficient (Wildman–Crippen LogP) is 2.21. The molecule has 0 atom stereocenters. The SMILES string of the molecule is CSc1ccc(C(=O)N2CCCC(=O)C2)cc1. The zero-order valence-corrected chi connectivity index (χ0v) is 10.6. The average molecular weight is 249 g/mol. The second-order valence-corrected chi connectivity index (χ2v) is 4.98. The van der Waals surface area contributed by atoms with Gasteiger partial charge < -0.3 is 4.90 Å². The monoisotopic (exact) mass is 249 g/mol. The van der Waals surface area contributed by atoms with Crippen LogP contribution in [0.4, 0.5) is 0 Å². The Morgan fingerprint density at radius 1 is 1.29 bits per heavy atom. The molecule has 3 nitrogen and oxygen atoms in total. The van der Waals surface area contributed by atoms with Crippen LogP contribution in [0.5, 0.6) is 0 Å². The lowest BCUT2D eigenvalue weighted by Crippen LogP contribution is -2.40. The summed E-state index contributed by atoms with van der Waals surface area (Å²) in [5, 5.41) is 0. The molecule has 2 rings (SSSR count). The number of benzene rings is 1. The lowest BCUT2D eigenvalue weighted by molar-refractivity contribution is -0.121. The third-order valence-corrected chi connectivity index (χ3v) is 3.62. The van der Waals surface area contributed by atoms with Gasteiger partial charge in [0.2, 0.25) is 0 Å². The Morgan fingerprint density at radius 2 is 2.00 bits per heavy atom. The maximum absolute atomic E-state index is 12.1. The van der Waals surface area contributed by atoms with Crippen LogP contribution in [0, 0.1) is 0 Å². The lowest BCUT2D eigenvalue weighted by Gasteiger charge is -2.25. The molecule has 0 spiro atoms. The molecule has 90 valence electrons. The molecule has 4 heteroatoms. The molecule has 0 saturated carbocycles. The Bertz CT molecular complexity index is 428. The fraction of sp³-hybridized carbons (Fsp3) is 0.385. The van der Waals surface area contributed by atoms with Gasteiger partial charge in [-0.3, -0.25) is 9.59 Å². The molecule has 1 aliphatic rings. The first-order chi connectivity index (χ1) is 8.20. The highest BCUT2D eigenvalue weighted by Crippen LogP contribution is 2.17. The van der Waals surface area contributed by atoms with Crippen molar-refractivity contribution in [3.05, 3.63) is 29.8 Å². The minimum atomic E-state index is -0.0364. The van der Waals surface area contributed by atoms with Crippen LogP contribution in [0.15, 0.2) is 29.2 Å². The van der Waals surface area contributed by atoms with E-state index >= 15 is 0 Å². The number of thioether (sulfide) groups is 1. The van der Waals surface area contributed by atoms with Crippen molar-refractivity contribution in [2.75, 3.05) is 19.3 Å². The maximum Gasteiger partial charge on any atom is 0.254 e. The van der Waals surface area contributed by atoms with Crippen molar-refractivity contribution in [1.82, 2.24) is 4.90 Å². The van der Waals surface area contributed by atoms with Gasteiger partial charge in [-0.15, -0.1) is 11.8 Å².